The highest BCUT2D eigenvalue weighted by atomic mass is 32.1. The van der Waals surface area contributed by atoms with Crippen LogP contribution in [0.1, 0.15) is 18.7 Å². The number of methoxy groups -OCH3 is 2. The molecule has 3 amide bonds. The van der Waals surface area contributed by atoms with E-state index in [4.69, 9.17) is 9.47 Å². The molecule has 0 unspecified atom stereocenters. The van der Waals surface area contributed by atoms with Crippen LogP contribution in [0.15, 0.2) is 83.7 Å². The summed E-state index contributed by atoms with van der Waals surface area (Å²) in [4.78, 5) is 47.1. The number of urea groups is 1. The van der Waals surface area contributed by atoms with E-state index in [9.17, 15) is 14.4 Å². The molecule has 3 aromatic heterocycles. The summed E-state index contributed by atoms with van der Waals surface area (Å²) < 4.78 is 10.4. The van der Waals surface area contributed by atoms with Crippen molar-refractivity contribution in [3.63, 3.8) is 0 Å². The Bertz CT molecular complexity index is 1830. The Morgan fingerprint density at radius 1 is 0.872 bits per heavy atom. The Morgan fingerprint density at radius 2 is 1.49 bits per heavy atom. The topological polar surface area (TPSA) is 123 Å². The molecule has 12 heteroatoms. The minimum absolute atomic E-state index is 0.234. The van der Waals surface area contributed by atoms with E-state index in [2.05, 4.69) is 26.7 Å². The van der Waals surface area contributed by atoms with Crippen LogP contribution in [0.2, 0.25) is 0 Å². The van der Waals surface area contributed by atoms with Crippen molar-refractivity contribution in [1.29, 1.82) is 0 Å². The quantitative estimate of drug-likeness (QED) is 0.117. The van der Waals surface area contributed by atoms with Gasteiger partial charge in [0.1, 0.15) is 23.3 Å². The van der Waals surface area contributed by atoms with Crippen molar-refractivity contribution in [2.45, 2.75) is 25.8 Å². The van der Waals surface area contributed by atoms with E-state index in [-0.39, 0.29) is 18.5 Å². The average molecular weight is 670 g/mol. The van der Waals surface area contributed by atoms with Crippen molar-refractivity contribution in [2.24, 2.45) is 0 Å². The first-order chi connectivity index (χ1) is 22.7. The van der Waals surface area contributed by atoms with Gasteiger partial charge < -0.3 is 24.9 Å². The number of nitrogens with one attached hydrogen (secondary N) is 2. The van der Waals surface area contributed by atoms with E-state index in [1.54, 1.807) is 56.9 Å². The van der Waals surface area contributed by atoms with Crippen LogP contribution in [0.5, 0.6) is 11.5 Å². The number of hydrogen-bond acceptors (Lipinski definition) is 10. The molecule has 6 rings (SSSR count). The summed E-state index contributed by atoms with van der Waals surface area (Å²) >= 11 is 3.22. The fraction of sp³-hybridized carbons (Fsp3) is 0.229. The minimum Gasteiger partial charge on any atom is -0.497 e. The maximum absolute atomic E-state index is 12.3. The molecule has 0 radical (unpaired) electrons. The van der Waals surface area contributed by atoms with Crippen molar-refractivity contribution < 1.29 is 23.9 Å². The first-order valence-corrected chi connectivity index (χ1v) is 16.6. The number of carbonyl (C=O) groups excluding carboxylic acids is 3. The molecule has 0 spiro atoms. The molecule has 0 bridgehead atoms. The molecule has 1 fully saturated rings. The molecule has 47 heavy (non-hydrogen) atoms. The van der Waals surface area contributed by atoms with Crippen molar-refractivity contribution in [1.82, 2.24) is 20.2 Å². The highest BCUT2D eigenvalue weighted by Gasteiger charge is 2.43. The Morgan fingerprint density at radius 3 is 2.09 bits per heavy atom. The molecule has 5 aromatic rings. The number of ether oxygens (including phenoxy) is 2. The number of hydrogen-bond donors (Lipinski definition) is 2. The summed E-state index contributed by atoms with van der Waals surface area (Å²) in [6.45, 7) is 3.97. The van der Waals surface area contributed by atoms with Gasteiger partial charge in [-0.2, -0.15) is 0 Å². The summed E-state index contributed by atoms with van der Waals surface area (Å²) in [6, 6.07) is 21.4. The van der Waals surface area contributed by atoms with Crippen LogP contribution in [-0.2, 0) is 16.0 Å². The third-order valence-corrected chi connectivity index (χ3v) is 9.31. The second kappa shape index (κ2) is 15.0. The number of carbonyl (C=O) groups is 3. The lowest BCUT2D eigenvalue weighted by molar-refractivity contribution is -0.130. The van der Waals surface area contributed by atoms with E-state index in [1.807, 2.05) is 71.4 Å². The molecule has 0 aliphatic carbocycles. The second-order valence-electron chi connectivity index (χ2n) is 11.0. The maximum Gasteiger partial charge on any atom is 0.325 e. The first kappa shape index (κ1) is 33.3. The standard InChI is InChI=1S/C22H23N5O3S.C13H12O2S/c1-22(2)19(28)27(21(29)26-22)12-11-24-20-23-10-8-17(25-20)18-16(9-13-31-18)14-4-6-15(30-3)7-5-14;1-15-11-4-2-10(3-5-11)12-7-9-16-13(12)6-8-14/h4-10,13H,11-12H2,1-3H3,(H,26,29)(H,23,24,25);2-5,7-9H,6H2,1H3. The van der Waals surface area contributed by atoms with Gasteiger partial charge in [0.2, 0.25) is 5.95 Å². The molecular formula is C35H35N5O5S2. The van der Waals surface area contributed by atoms with E-state index in [1.165, 1.54) is 4.90 Å². The van der Waals surface area contributed by atoms with Gasteiger partial charge in [-0.15, -0.1) is 22.7 Å². The monoisotopic (exact) mass is 669 g/mol. The van der Waals surface area contributed by atoms with Gasteiger partial charge in [0.25, 0.3) is 5.91 Å². The molecule has 1 saturated heterocycles. The normalized spacial score (nSPS) is 13.4. The zero-order valence-corrected chi connectivity index (χ0v) is 28.1. The lowest BCUT2D eigenvalue weighted by atomic mass is 10.1. The molecule has 0 saturated carbocycles. The molecular weight excluding hydrogens is 635 g/mol. The van der Waals surface area contributed by atoms with Crippen LogP contribution in [0.4, 0.5) is 10.7 Å². The highest BCUT2D eigenvalue weighted by molar-refractivity contribution is 7.14. The van der Waals surface area contributed by atoms with Gasteiger partial charge in [-0.1, -0.05) is 24.3 Å². The zero-order valence-electron chi connectivity index (χ0n) is 26.5. The van der Waals surface area contributed by atoms with Crippen LogP contribution < -0.4 is 20.1 Å². The number of thiophene rings is 2. The number of amides is 3. The second-order valence-corrected chi connectivity index (χ2v) is 12.9. The van der Waals surface area contributed by atoms with E-state index < -0.39 is 5.54 Å². The zero-order chi connectivity index (χ0) is 33.4. The number of anilines is 1. The first-order valence-electron chi connectivity index (χ1n) is 14.8. The van der Waals surface area contributed by atoms with Crippen LogP contribution >= 0.6 is 22.7 Å². The van der Waals surface area contributed by atoms with Crippen LogP contribution in [0, 0.1) is 0 Å². The lowest BCUT2D eigenvalue weighted by Gasteiger charge is -2.16. The Balaban J connectivity index is 0.000000227. The smallest absolute Gasteiger partial charge is 0.325 e. The number of benzene rings is 2. The van der Waals surface area contributed by atoms with Crippen LogP contribution in [0.25, 0.3) is 32.8 Å². The SMILES string of the molecule is COc1ccc(-c2ccsc2-c2ccnc(NCCN3C(=O)NC(C)(C)C3=O)n2)cc1.COc1ccc(-c2ccsc2CC=O)cc1. The van der Waals surface area contributed by atoms with E-state index in [0.717, 1.165) is 55.5 Å². The largest absolute Gasteiger partial charge is 0.497 e. The van der Waals surface area contributed by atoms with Crippen molar-refractivity contribution in [3.8, 4) is 44.3 Å². The number of aldehydes is 1. The summed E-state index contributed by atoms with van der Waals surface area (Å²) in [7, 11) is 3.30. The number of nitrogens with zero attached hydrogens (tertiary/aromatic N) is 3. The van der Waals surface area contributed by atoms with E-state index in [0.29, 0.717) is 18.9 Å². The van der Waals surface area contributed by atoms with Gasteiger partial charge in [0.05, 0.1) is 24.8 Å². The van der Waals surface area contributed by atoms with Crippen LogP contribution in [-0.4, -0.2) is 65.9 Å². The van der Waals surface area contributed by atoms with Gasteiger partial charge in [0.15, 0.2) is 0 Å². The predicted octanol–water partition coefficient (Wildman–Crippen LogP) is 6.79. The third-order valence-electron chi connectivity index (χ3n) is 7.43. The summed E-state index contributed by atoms with van der Waals surface area (Å²) in [6.07, 6.45) is 3.12. The van der Waals surface area contributed by atoms with Gasteiger partial charge in [-0.25, -0.2) is 14.8 Å². The maximum atomic E-state index is 12.3. The average Bonchev–Trinajstić information content (AvgIpc) is 3.81. The summed E-state index contributed by atoms with van der Waals surface area (Å²) in [5.74, 6) is 1.85. The van der Waals surface area contributed by atoms with Crippen molar-refractivity contribution >= 4 is 46.8 Å². The highest BCUT2D eigenvalue weighted by Crippen LogP contribution is 2.36. The van der Waals surface area contributed by atoms with Crippen molar-refractivity contribution in [3.05, 3.63) is 88.6 Å². The molecule has 1 aliphatic heterocycles. The molecule has 10 nitrogen and oxygen atoms in total. The van der Waals surface area contributed by atoms with Crippen molar-refractivity contribution in [2.75, 3.05) is 32.6 Å². The number of imide groups is 1. The number of rotatable bonds is 11. The third kappa shape index (κ3) is 7.84. The van der Waals surface area contributed by atoms with Gasteiger partial charge in [-0.3, -0.25) is 9.69 Å². The molecule has 2 N–H and O–H groups in total. The molecule has 1 aliphatic rings. The molecule has 4 heterocycles. The minimum atomic E-state index is -0.871. The van der Waals surface area contributed by atoms with E-state index >= 15 is 0 Å². The molecule has 0 atom stereocenters. The van der Waals surface area contributed by atoms with Gasteiger partial charge >= 0.3 is 6.03 Å². The van der Waals surface area contributed by atoms with Crippen LogP contribution in [0.3, 0.4) is 0 Å². The predicted molar refractivity (Wildman–Crippen MR) is 186 cm³/mol. The van der Waals surface area contributed by atoms with Gasteiger partial charge in [0, 0.05) is 36.1 Å². The summed E-state index contributed by atoms with van der Waals surface area (Å²) in [5.41, 5.74) is 4.35. The Kier molecular flexibility index (Phi) is 10.6. The number of aromatic nitrogens is 2. The molecule has 242 valence electrons. The lowest BCUT2D eigenvalue weighted by Crippen LogP contribution is -2.40. The van der Waals surface area contributed by atoms with Gasteiger partial charge in [-0.05, 0) is 83.8 Å². The fourth-order valence-electron chi connectivity index (χ4n) is 4.98. The Labute approximate surface area is 281 Å². The Hall–Kier alpha value is -5.07. The fourth-order valence-corrected chi connectivity index (χ4v) is 6.71. The summed E-state index contributed by atoms with van der Waals surface area (Å²) in [5, 5.41) is 9.82. The molecule has 2 aromatic carbocycles.